The summed E-state index contributed by atoms with van der Waals surface area (Å²) in [5, 5.41) is 0.707. The highest BCUT2D eigenvalue weighted by Gasteiger charge is 2.23. The number of hydrogen-bond donors (Lipinski definition) is 0. The van der Waals surface area contributed by atoms with Crippen molar-refractivity contribution in [2.45, 2.75) is 33.1 Å². The second-order valence-electron chi connectivity index (χ2n) is 7.23. The molecule has 0 radical (unpaired) electrons. The van der Waals surface area contributed by atoms with Crippen LogP contribution in [0.1, 0.15) is 48.4 Å². The fraction of sp³-hybridized carbons (Fsp3) is 0.304. The lowest BCUT2D eigenvalue weighted by atomic mass is 9.97. The summed E-state index contributed by atoms with van der Waals surface area (Å²) in [6, 6.07) is 12.6. The van der Waals surface area contributed by atoms with Crippen LogP contribution in [0.5, 0.6) is 5.75 Å². The molecule has 0 unspecified atom stereocenters. The number of methoxy groups -OCH3 is 1. The number of rotatable bonds is 8. The molecule has 2 aromatic carbocycles. The molecule has 0 aliphatic rings. The van der Waals surface area contributed by atoms with E-state index in [9.17, 15) is 9.59 Å². The van der Waals surface area contributed by atoms with Gasteiger partial charge in [-0.15, -0.1) is 0 Å². The number of ketones is 2. The van der Waals surface area contributed by atoms with Crippen molar-refractivity contribution in [1.82, 2.24) is 0 Å². The predicted molar refractivity (Wildman–Crippen MR) is 113 cm³/mol. The first-order valence-corrected chi connectivity index (χ1v) is 10.1. The van der Waals surface area contributed by atoms with Gasteiger partial charge in [-0.05, 0) is 48.4 Å². The average molecular weight is 443 g/mol. The number of ether oxygens (including phenoxy) is 1. The summed E-state index contributed by atoms with van der Waals surface area (Å²) in [6.07, 6.45) is 1.29. The largest absolute Gasteiger partial charge is 0.497 e. The van der Waals surface area contributed by atoms with E-state index in [-0.39, 0.29) is 11.6 Å². The van der Waals surface area contributed by atoms with Crippen molar-refractivity contribution in [2.24, 2.45) is 5.92 Å². The molecule has 3 rings (SSSR count). The Morgan fingerprint density at radius 1 is 1.11 bits per heavy atom. The molecule has 4 nitrogen and oxygen atoms in total. The summed E-state index contributed by atoms with van der Waals surface area (Å²) < 4.78 is 12.2. The van der Waals surface area contributed by atoms with Crippen LogP contribution in [-0.2, 0) is 11.2 Å². The number of aryl methyl sites for hydroxylation is 1. The van der Waals surface area contributed by atoms with Gasteiger partial charge in [-0.1, -0.05) is 29.8 Å². The SMILES string of the molecule is COc1ccc2oc(CCC(=O)CC(C)C)c(C(=O)c3ccc(Br)cc3)c2c1. The van der Waals surface area contributed by atoms with Crippen LogP contribution in [0, 0.1) is 5.92 Å². The molecule has 0 amide bonds. The molecule has 146 valence electrons. The first kappa shape index (κ1) is 20.3. The summed E-state index contributed by atoms with van der Waals surface area (Å²) in [7, 11) is 1.59. The van der Waals surface area contributed by atoms with Crippen LogP contribution in [0.3, 0.4) is 0 Å². The van der Waals surface area contributed by atoms with Gasteiger partial charge in [0.25, 0.3) is 0 Å². The van der Waals surface area contributed by atoms with Crippen LogP contribution >= 0.6 is 15.9 Å². The topological polar surface area (TPSA) is 56.5 Å². The predicted octanol–water partition coefficient (Wildman–Crippen LogP) is 5.98. The molecule has 0 bridgehead atoms. The number of carbonyl (C=O) groups excluding carboxylic acids is 2. The summed E-state index contributed by atoms with van der Waals surface area (Å²) >= 11 is 3.39. The maximum Gasteiger partial charge on any atom is 0.197 e. The first-order chi connectivity index (χ1) is 13.4. The van der Waals surface area contributed by atoms with E-state index in [1.54, 1.807) is 31.4 Å². The van der Waals surface area contributed by atoms with Crippen molar-refractivity contribution in [2.75, 3.05) is 7.11 Å². The second-order valence-corrected chi connectivity index (χ2v) is 8.15. The number of fused-ring (bicyclic) bond motifs is 1. The zero-order valence-electron chi connectivity index (χ0n) is 16.3. The van der Waals surface area contributed by atoms with Gasteiger partial charge in [0, 0.05) is 34.7 Å². The number of benzene rings is 2. The van der Waals surface area contributed by atoms with E-state index in [0.29, 0.717) is 58.8 Å². The third-order valence-electron chi connectivity index (χ3n) is 4.57. The minimum Gasteiger partial charge on any atom is -0.497 e. The van der Waals surface area contributed by atoms with Gasteiger partial charge in [-0.2, -0.15) is 0 Å². The molecule has 0 spiro atoms. The number of halogens is 1. The molecular weight excluding hydrogens is 420 g/mol. The van der Waals surface area contributed by atoms with Crippen molar-refractivity contribution in [3.8, 4) is 5.75 Å². The van der Waals surface area contributed by atoms with Crippen molar-refractivity contribution in [3.05, 3.63) is 63.8 Å². The summed E-state index contributed by atoms with van der Waals surface area (Å²) in [5.74, 6) is 1.58. The Bertz CT molecular complexity index is 999. The van der Waals surface area contributed by atoms with Crippen molar-refractivity contribution < 1.29 is 18.7 Å². The summed E-state index contributed by atoms with van der Waals surface area (Å²) in [4.78, 5) is 25.5. The van der Waals surface area contributed by atoms with Crippen LogP contribution in [-0.4, -0.2) is 18.7 Å². The highest BCUT2D eigenvalue weighted by atomic mass is 79.9. The van der Waals surface area contributed by atoms with Crippen molar-refractivity contribution >= 4 is 38.5 Å². The fourth-order valence-electron chi connectivity index (χ4n) is 3.24. The smallest absolute Gasteiger partial charge is 0.197 e. The van der Waals surface area contributed by atoms with Gasteiger partial charge >= 0.3 is 0 Å². The minimum atomic E-state index is -0.120. The zero-order chi connectivity index (χ0) is 20.3. The van der Waals surface area contributed by atoms with E-state index in [1.807, 2.05) is 32.0 Å². The van der Waals surface area contributed by atoms with Gasteiger partial charge in [-0.25, -0.2) is 0 Å². The second kappa shape index (κ2) is 8.74. The van der Waals surface area contributed by atoms with Gasteiger partial charge in [0.15, 0.2) is 5.78 Å². The van der Waals surface area contributed by atoms with E-state index in [4.69, 9.17) is 9.15 Å². The molecular formula is C23H23BrO4. The number of hydrogen-bond acceptors (Lipinski definition) is 4. The lowest BCUT2D eigenvalue weighted by Gasteiger charge is -2.05. The number of furan rings is 1. The Morgan fingerprint density at radius 3 is 2.46 bits per heavy atom. The van der Waals surface area contributed by atoms with Crippen LogP contribution in [0.15, 0.2) is 51.4 Å². The molecule has 0 aliphatic heterocycles. The standard InChI is InChI=1S/C23H23BrO4/c1-14(2)12-17(25)8-10-21-22(23(26)15-4-6-16(24)7-5-15)19-13-18(27-3)9-11-20(19)28-21/h4-7,9,11,13-14H,8,10,12H2,1-3H3. The Kier molecular flexibility index (Phi) is 6.35. The Morgan fingerprint density at radius 2 is 1.82 bits per heavy atom. The maximum atomic E-state index is 13.3. The van der Waals surface area contributed by atoms with Crippen LogP contribution in [0.2, 0.25) is 0 Å². The summed E-state index contributed by atoms with van der Waals surface area (Å²) in [5.41, 5.74) is 1.70. The van der Waals surface area contributed by atoms with Gasteiger partial charge in [0.2, 0.25) is 0 Å². The Labute approximate surface area is 173 Å². The lowest BCUT2D eigenvalue weighted by molar-refractivity contribution is -0.119. The Balaban J connectivity index is 2.02. The monoisotopic (exact) mass is 442 g/mol. The average Bonchev–Trinajstić information content (AvgIpc) is 3.03. The lowest BCUT2D eigenvalue weighted by Crippen LogP contribution is -2.07. The highest BCUT2D eigenvalue weighted by molar-refractivity contribution is 9.10. The van der Waals surface area contributed by atoms with Crippen LogP contribution in [0.4, 0.5) is 0 Å². The molecule has 28 heavy (non-hydrogen) atoms. The molecule has 0 saturated heterocycles. The molecule has 0 atom stereocenters. The van der Waals surface area contributed by atoms with E-state index in [2.05, 4.69) is 15.9 Å². The number of Topliss-reactive ketones (excluding diaryl/α,β-unsaturated/α-hetero) is 1. The summed E-state index contributed by atoms with van der Waals surface area (Å²) in [6.45, 7) is 4.04. The normalized spacial score (nSPS) is 11.2. The molecule has 1 heterocycles. The maximum absolute atomic E-state index is 13.3. The minimum absolute atomic E-state index is 0.120. The van der Waals surface area contributed by atoms with Crippen LogP contribution < -0.4 is 4.74 Å². The molecule has 0 aliphatic carbocycles. The van der Waals surface area contributed by atoms with Gasteiger partial charge in [-0.3, -0.25) is 9.59 Å². The van der Waals surface area contributed by atoms with Crippen molar-refractivity contribution in [1.29, 1.82) is 0 Å². The van der Waals surface area contributed by atoms with Gasteiger partial charge < -0.3 is 9.15 Å². The van der Waals surface area contributed by atoms with Gasteiger partial charge in [0.1, 0.15) is 22.9 Å². The first-order valence-electron chi connectivity index (χ1n) is 9.30. The van der Waals surface area contributed by atoms with Crippen LogP contribution in [0.25, 0.3) is 11.0 Å². The quantitative estimate of drug-likeness (QED) is 0.402. The molecule has 0 N–H and O–H groups in total. The molecule has 0 fully saturated rings. The third kappa shape index (κ3) is 4.53. The highest BCUT2D eigenvalue weighted by Crippen LogP contribution is 2.32. The van der Waals surface area contributed by atoms with Crippen molar-refractivity contribution in [3.63, 3.8) is 0 Å². The molecule has 1 aromatic heterocycles. The zero-order valence-corrected chi connectivity index (χ0v) is 17.8. The molecule has 5 heteroatoms. The van der Waals surface area contributed by atoms with E-state index >= 15 is 0 Å². The van der Waals surface area contributed by atoms with E-state index in [1.165, 1.54) is 0 Å². The molecule has 3 aromatic rings. The van der Waals surface area contributed by atoms with E-state index in [0.717, 1.165) is 4.47 Å². The van der Waals surface area contributed by atoms with Gasteiger partial charge in [0.05, 0.1) is 12.7 Å². The Hall–Kier alpha value is -2.40. The van der Waals surface area contributed by atoms with E-state index < -0.39 is 0 Å². The molecule has 0 saturated carbocycles. The fourth-order valence-corrected chi connectivity index (χ4v) is 3.50. The third-order valence-corrected chi connectivity index (χ3v) is 5.10. The number of carbonyl (C=O) groups is 2.